The van der Waals surface area contributed by atoms with Gasteiger partial charge in [-0.2, -0.15) is 13.2 Å². The molecule has 5 rings (SSSR count). The van der Waals surface area contributed by atoms with E-state index in [0.29, 0.717) is 41.9 Å². The molecule has 0 saturated carbocycles. The summed E-state index contributed by atoms with van der Waals surface area (Å²) in [6.07, 6.45) is -4.59. The van der Waals surface area contributed by atoms with E-state index in [9.17, 15) is 13.2 Å². The maximum atomic E-state index is 13.4. The Labute approximate surface area is 184 Å². The van der Waals surface area contributed by atoms with Gasteiger partial charge in [0.25, 0.3) is 0 Å². The van der Waals surface area contributed by atoms with Gasteiger partial charge in [0.15, 0.2) is 17.2 Å². The van der Waals surface area contributed by atoms with Crippen molar-refractivity contribution >= 4 is 34.3 Å². The fourth-order valence-corrected chi connectivity index (χ4v) is 3.58. The summed E-state index contributed by atoms with van der Waals surface area (Å²) in [5, 5.41) is 2.95. The molecular weight excluding hydrogens is 447 g/mol. The number of H-pyrrole nitrogens is 1. The molecular formula is C22H15ClF3N3O3. The van der Waals surface area contributed by atoms with Crippen LogP contribution >= 0.6 is 11.6 Å². The lowest BCUT2D eigenvalue weighted by molar-refractivity contribution is -0.136. The molecule has 1 aliphatic rings. The van der Waals surface area contributed by atoms with E-state index in [2.05, 4.69) is 15.3 Å². The Bertz CT molecular complexity index is 1310. The van der Waals surface area contributed by atoms with E-state index in [4.69, 9.17) is 25.8 Å². The number of halogens is 4. The molecule has 2 N–H and O–H groups in total. The van der Waals surface area contributed by atoms with Gasteiger partial charge in [0.2, 0.25) is 5.95 Å². The van der Waals surface area contributed by atoms with Gasteiger partial charge in [0.1, 0.15) is 24.5 Å². The van der Waals surface area contributed by atoms with Gasteiger partial charge in [-0.25, -0.2) is 4.98 Å². The van der Waals surface area contributed by atoms with Crippen LogP contribution in [0.4, 0.5) is 24.8 Å². The molecule has 4 aromatic rings. The SMILES string of the molecule is FC(F)(F)c1cc(Cl)cc2[nH]c(Nc3ccccc3Oc3ccc4c(c3)OCCO4)nc12. The van der Waals surface area contributed by atoms with Gasteiger partial charge >= 0.3 is 6.18 Å². The Morgan fingerprint density at radius 3 is 2.59 bits per heavy atom. The van der Waals surface area contributed by atoms with Gasteiger partial charge in [-0.3, -0.25) is 0 Å². The summed E-state index contributed by atoms with van der Waals surface area (Å²) in [5.74, 6) is 2.29. The number of aromatic nitrogens is 2. The first-order valence-corrected chi connectivity index (χ1v) is 9.95. The molecule has 0 unspecified atom stereocenters. The largest absolute Gasteiger partial charge is 0.486 e. The first-order valence-electron chi connectivity index (χ1n) is 9.57. The van der Waals surface area contributed by atoms with Crippen molar-refractivity contribution in [3.05, 3.63) is 65.2 Å². The lowest BCUT2D eigenvalue weighted by atomic mass is 10.2. The minimum absolute atomic E-state index is 0.0395. The number of anilines is 2. The summed E-state index contributed by atoms with van der Waals surface area (Å²) >= 11 is 5.86. The van der Waals surface area contributed by atoms with Gasteiger partial charge in [-0.1, -0.05) is 23.7 Å². The Kier molecular flexibility index (Phi) is 4.97. The average Bonchev–Trinajstić information content (AvgIpc) is 3.15. The number of alkyl halides is 3. The molecule has 1 aliphatic heterocycles. The van der Waals surface area contributed by atoms with Gasteiger partial charge in [-0.15, -0.1) is 0 Å². The molecule has 0 fully saturated rings. The lowest BCUT2D eigenvalue weighted by Crippen LogP contribution is -2.15. The van der Waals surface area contributed by atoms with Gasteiger partial charge in [0, 0.05) is 11.1 Å². The maximum absolute atomic E-state index is 13.4. The number of ether oxygens (including phenoxy) is 3. The van der Waals surface area contributed by atoms with E-state index in [-0.39, 0.29) is 22.0 Å². The second-order valence-electron chi connectivity index (χ2n) is 6.96. The summed E-state index contributed by atoms with van der Waals surface area (Å²) in [7, 11) is 0. The summed E-state index contributed by atoms with van der Waals surface area (Å²) in [5.41, 5.74) is -0.474. The molecule has 164 valence electrons. The maximum Gasteiger partial charge on any atom is 0.418 e. The third-order valence-electron chi connectivity index (χ3n) is 4.74. The molecule has 1 aromatic heterocycles. The Hall–Kier alpha value is -3.59. The molecule has 0 saturated heterocycles. The molecule has 32 heavy (non-hydrogen) atoms. The van der Waals surface area contributed by atoms with E-state index >= 15 is 0 Å². The summed E-state index contributed by atoms with van der Waals surface area (Å²) in [6, 6.07) is 14.4. The minimum Gasteiger partial charge on any atom is -0.486 e. The summed E-state index contributed by atoms with van der Waals surface area (Å²) < 4.78 is 57.2. The van der Waals surface area contributed by atoms with Crippen molar-refractivity contribution in [1.82, 2.24) is 9.97 Å². The number of benzene rings is 3. The van der Waals surface area contributed by atoms with Crippen molar-refractivity contribution in [1.29, 1.82) is 0 Å². The number of imidazole rings is 1. The van der Waals surface area contributed by atoms with Crippen molar-refractivity contribution in [2.24, 2.45) is 0 Å². The predicted molar refractivity (Wildman–Crippen MR) is 113 cm³/mol. The first-order chi connectivity index (χ1) is 15.4. The standard InChI is InChI=1S/C22H15ClF3N3O3/c23-12-9-14(22(24,25)26)20-16(10-12)28-21(29-20)27-15-3-1-2-4-17(15)32-13-5-6-18-19(11-13)31-8-7-30-18/h1-6,9-11H,7-8H2,(H2,27,28,29). The van der Waals surface area contributed by atoms with Crippen LogP contribution in [0.1, 0.15) is 5.56 Å². The van der Waals surface area contributed by atoms with Crippen molar-refractivity contribution in [2.45, 2.75) is 6.18 Å². The molecule has 10 heteroatoms. The third-order valence-corrected chi connectivity index (χ3v) is 4.96. The fourth-order valence-electron chi connectivity index (χ4n) is 3.36. The molecule has 3 aromatic carbocycles. The topological polar surface area (TPSA) is 68.4 Å². The highest BCUT2D eigenvalue weighted by Gasteiger charge is 2.34. The van der Waals surface area contributed by atoms with E-state index in [1.165, 1.54) is 6.07 Å². The zero-order valence-electron chi connectivity index (χ0n) is 16.3. The highest BCUT2D eigenvalue weighted by molar-refractivity contribution is 6.31. The van der Waals surface area contributed by atoms with Crippen molar-refractivity contribution in [3.63, 3.8) is 0 Å². The summed E-state index contributed by atoms with van der Waals surface area (Å²) in [6.45, 7) is 0.934. The van der Waals surface area contributed by atoms with Gasteiger partial charge in [0.05, 0.1) is 16.8 Å². The van der Waals surface area contributed by atoms with Crippen LogP contribution in [0.25, 0.3) is 11.0 Å². The van der Waals surface area contributed by atoms with Gasteiger partial charge < -0.3 is 24.5 Å². The highest BCUT2D eigenvalue weighted by atomic mass is 35.5. The van der Waals surface area contributed by atoms with Crippen molar-refractivity contribution in [3.8, 4) is 23.0 Å². The number of aromatic amines is 1. The monoisotopic (exact) mass is 461 g/mol. The van der Waals surface area contributed by atoms with Crippen molar-refractivity contribution in [2.75, 3.05) is 18.5 Å². The molecule has 0 amide bonds. The van der Waals surface area contributed by atoms with Crippen molar-refractivity contribution < 1.29 is 27.4 Å². The summed E-state index contributed by atoms with van der Waals surface area (Å²) in [4.78, 5) is 6.91. The van der Waals surface area contributed by atoms with Crippen LogP contribution in [-0.2, 0) is 6.18 Å². The Morgan fingerprint density at radius 2 is 1.78 bits per heavy atom. The van der Waals surface area contributed by atoms with Crippen LogP contribution in [-0.4, -0.2) is 23.2 Å². The number of hydrogen-bond acceptors (Lipinski definition) is 5. The molecule has 0 radical (unpaired) electrons. The van der Waals surface area contributed by atoms with E-state index in [1.807, 2.05) is 0 Å². The van der Waals surface area contributed by atoms with E-state index in [1.54, 1.807) is 42.5 Å². The number of fused-ring (bicyclic) bond motifs is 2. The zero-order chi connectivity index (χ0) is 22.3. The number of rotatable bonds is 4. The number of hydrogen-bond donors (Lipinski definition) is 2. The molecule has 0 aliphatic carbocycles. The van der Waals surface area contributed by atoms with Crippen LogP contribution in [0.5, 0.6) is 23.0 Å². The normalized spacial score (nSPS) is 13.2. The first kappa shape index (κ1) is 20.3. The predicted octanol–water partition coefficient (Wildman–Crippen LogP) is 6.54. The van der Waals surface area contributed by atoms with Crippen LogP contribution < -0.4 is 19.5 Å². The smallest absolute Gasteiger partial charge is 0.418 e. The Balaban J connectivity index is 1.45. The minimum atomic E-state index is -4.59. The molecule has 6 nitrogen and oxygen atoms in total. The fraction of sp³-hybridized carbons (Fsp3) is 0.136. The second-order valence-corrected chi connectivity index (χ2v) is 7.40. The molecule has 0 atom stereocenters. The lowest BCUT2D eigenvalue weighted by Gasteiger charge is -2.19. The number of nitrogens with one attached hydrogen (secondary N) is 2. The average molecular weight is 462 g/mol. The van der Waals surface area contributed by atoms with Crippen LogP contribution in [0.2, 0.25) is 5.02 Å². The quantitative estimate of drug-likeness (QED) is 0.361. The van der Waals surface area contributed by atoms with Crippen LogP contribution in [0, 0.1) is 0 Å². The van der Waals surface area contributed by atoms with Crippen LogP contribution in [0.15, 0.2) is 54.6 Å². The molecule has 0 bridgehead atoms. The third kappa shape index (κ3) is 3.99. The highest BCUT2D eigenvalue weighted by Crippen LogP contribution is 2.39. The molecule has 2 heterocycles. The Morgan fingerprint density at radius 1 is 1.00 bits per heavy atom. The van der Waals surface area contributed by atoms with Gasteiger partial charge in [-0.05, 0) is 36.4 Å². The second kappa shape index (κ2) is 7.83. The van der Waals surface area contributed by atoms with Crippen LogP contribution in [0.3, 0.4) is 0 Å². The number of para-hydroxylation sites is 2. The zero-order valence-corrected chi connectivity index (χ0v) is 17.1. The number of nitrogens with zero attached hydrogens (tertiary/aromatic N) is 1. The molecule has 0 spiro atoms. The van der Waals surface area contributed by atoms with E-state index in [0.717, 1.165) is 6.07 Å². The van der Waals surface area contributed by atoms with E-state index < -0.39 is 11.7 Å².